The van der Waals surface area contributed by atoms with Crippen LogP contribution in [0.25, 0.3) is 0 Å². The summed E-state index contributed by atoms with van der Waals surface area (Å²) in [6.45, 7) is 5.31. The molecule has 2 rings (SSSR count). The number of imidazole rings is 1. The number of alkyl carbamates (subject to hydrolysis) is 1. The van der Waals surface area contributed by atoms with E-state index in [2.05, 4.69) is 15.3 Å². The molecule has 0 aliphatic carbocycles. The predicted octanol–water partition coefficient (Wildman–Crippen LogP) is 2.73. The summed E-state index contributed by atoms with van der Waals surface area (Å²) in [5, 5.41) is 2.64. The van der Waals surface area contributed by atoms with Crippen LogP contribution in [0.2, 0.25) is 0 Å². The Morgan fingerprint density at radius 1 is 1.26 bits per heavy atom. The molecule has 6 nitrogen and oxygen atoms in total. The molecule has 1 amide bonds. The predicted molar refractivity (Wildman–Crippen MR) is 86.2 cm³/mol. The lowest BCUT2D eigenvalue weighted by atomic mass is 10.0. The molecule has 0 saturated carbocycles. The van der Waals surface area contributed by atoms with Crippen molar-refractivity contribution in [3.8, 4) is 0 Å². The maximum Gasteiger partial charge on any atom is 0.408 e. The SMILES string of the molecule is CC(C)(C)OC(=O)N[C@@H](Cc1ccccc1)C(=O)c1ncc[nH]1. The summed E-state index contributed by atoms with van der Waals surface area (Å²) in [5.74, 6) is -0.0771. The second-order valence-electron chi connectivity index (χ2n) is 6.19. The number of nitrogens with zero attached hydrogens (tertiary/aromatic N) is 1. The zero-order valence-electron chi connectivity index (χ0n) is 13.5. The summed E-state index contributed by atoms with van der Waals surface area (Å²) in [5.41, 5.74) is 0.309. The van der Waals surface area contributed by atoms with Crippen molar-refractivity contribution in [2.75, 3.05) is 0 Å². The van der Waals surface area contributed by atoms with Gasteiger partial charge < -0.3 is 15.0 Å². The first kappa shape index (κ1) is 16.7. The molecule has 1 aromatic heterocycles. The number of nitrogens with one attached hydrogen (secondary N) is 2. The van der Waals surface area contributed by atoms with Crippen LogP contribution in [0, 0.1) is 0 Å². The van der Waals surface area contributed by atoms with Gasteiger partial charge in [-0.05, 0) is 26.3 Å². The summed E-state index contributed by atoms with van der Waals surface area (Å²) < 4.78 is 5.24. The minimum absolute atomic E-state index is 0.210. The highest BCUT2D eigenvalue weighted by molar-refractivity contribution is 5.98. The van der Waals surface area contributed by atoms with E-state index in [1.807, 2.05) is 30.3 Å². The molecule has 23 heavy (non-hydrogen) atoms. The second-order valence-corrected chi connectivity index (χ2v) is 6.19. The van der Waals surface area contributed by atoms with Gasteiger partial charge in [-0.1, -0.05) is 30.3 Å². The van der Waals surface area contributed by atoms with Crippen LogP contribution >= 0.6 is 0 Å². The van der Waals surface area contributed by atoms with Gasteiger partial charge in [-0.15, -0.1) is 0 Å². The number of benzene rings is 1. The van der Waals surface area contributed by atoms with Crippen molar-refractivity contribution in [3.05, 3.63) is 54.1 Å². The quantitative estimate of drug-likeness (QED) is 0.831. The summed E-state index contributed by atoms with van der Waals surface area (Å²) >= 11 is 0. The molecule has 0 bridgehead atoms. The van der Waals surface area contributed by atoms with Crippen molar-refractivity contribution in [3.63, 3.8) is 0 Å². The minimum Gasteiger partial charge on any atom is -0.444 e. The molecule has 0 unspecified atom stereocenters. The fourth-order valence-corrected chi connectivity index (χ4v) is 2.07. The minimum atomic E-state index is -0.751. The van der Waals surface area contributed by atoms with Gasteiger partial charge in [0.1, 0.15) is 11.6 Å². The highest BCUT2D eigenvalue weighted by Gasteiger charge is 2.26. The number of rotatable bonds is 5. The van der Waals surface area contributed by atoms with Gasteiger partial charge in [0.05, 0.1) is 0 Å². The fourth-order valence-electron chi connectivity index (χ4n) is 2.07. The molecule has 0 aliphatic heterocycles. The standard InChI is InChI=1S/C17H21N3O3/c1-17(2,3)23-16(22)20-13(11-12-7-5-4-6-8-12)14(21)15-18-9-10-19-15/h4-10,13H,11H2,1-3H3,(H,18,19)(H,20,22)/t13-/m0/s1. The van der Waals surface area contributed by atoms with Crippen LogP contribution in [0.15, 0.2) is 42.7 Å². The maximum absolute atomic E-state index is 12.5. The average Bonchev–Trinajstić information content (AvgIpc) is 2.99. The van der Waals surface area contributed by atoms with Crippen LogP contribution in [-0.2, 0) is 11.2 Å². The lowest BCUT2D eigenvalue weighted by molar-refractivity contribution is 0.0490. The van der Waals surface area contributed by atoms with E-state index in [1.165, 1.54) is 6.20 Å². The first-order chi connectivity index (χ1) is 10.8. The first-order valence-electron chi connectivity index (χ1n) is 7.42. The van der Waals surface area contributed by atoms with Gasteiger partial charge >= 0.3 is 6.09 Å². The van der Waals surface area contributed by atoms with Crippen LogP contribution in [0.5, 0.6) is 0 Å². The number of aromatic nitrogens is 2. The first-order valence-corrected chi connectivity index (χ1v) is 7.42. The van der Waals surface area contributed by atoms with E-state index >= 15 is 0 Å². The second kappa shape index (κ2) is 7.09. The molecule has 0 spiro atoms. The summed E-state index contributed by atoms with van der Waals surface area (Å²) in [6.07, 6.45) is 2.80. The Balaban J connectivity index is 2.14. The average molecular weight is 315 g/mol. The molecule has 2 aromatic rings. The Hall–Kier alpha value is -2.63. The molecule has 0 fully saturated rings. The van der Waals surface area contributed by atoms with Crippen LogP contribution < -0.4 is 5.32 Å². The maximum atomic E-state index is 12.5. The van der Waals surface area contributed by atoms with E-state index in [0.717, 1.165) is 5.56 Å². The van der Waals surface area contributed by atoms with Crippen molar-refractivity contribution in [2.45, 2.75) is 38.8 Å². The normalized spacial score (nSPS) is 12.5. The van der Waals surface area contributed by atoms with Crippen LogP contribution in [-0.4, -0.2) is 33.5 Å². The molecule has 6 heteroatoms. The number of H-pyrrole nitrogens is 1. The van der Waals surface area contributed by atoms with Gasteiger partial charge in [-0.3, -0.25) is 4.79 Å². The van der Waals surface area contributed by atoms with Gasteiger partial charge in [0.15, 0.2) is 5.82 Å². The molecule has 122 valence electrons. The number of Topliss-reactive ketones (excluding diaryl/α,β-unsaturated/α-hetero) is 1. The third-order valence-electron chi connectivity index (χ3n) is 3.02. The number of aromatic amines is 1. The topological polar surface area (TPSA) is 84.1 Å². The van der Waals surface area contributed by atoms with Crippen molar-refractivity contribution in [2.24, 2.45) is 0 Å². The van der Waals surface area contributed by atoms with Crippen LogP contribution in [0.1, 0.15) is 37.0 Å². The van der Waals surface area contributed by atoms with Crippen molar-refractivity contribution < 1.29 is 14.3 Å². The van der Waals surface area contributed by atoms with E-state index in [9.17, 15) is 9.59 Å². The Bertz CT molecular complexity index is 645. The number of carbonyl (C=O) groups is 2. The number of carbonyl (C=O) groups excluding carboxylic acids is 2. The molecule has 0 saturated heterocycles. The summed E-state index contributed by atoms with van der Waals surface area (Å²) in [6, 6.07) is 8.72. The fraction of sp³-hybridized carbons (Fsp3) is 0.353. The van der Waals surface area contributed by atoms with Gasteiger partial charge in [0.2, 0.25) is 5.78 Å². The Labute approximate surface area is 135 Å². The third kappa shape index (κ3) is 5.25. The molecule has 1 aromatic carbocycles. The monoisotopic (exact) mass is 315 g/mol. The largest absolute Gasteiger partial charge is 0.444 e. The molecular formula is C17H21N3O3. The van der Waals surface area contributed by atoms with Crippen molar-refractivity contribution in [1.82, 2.24) is 15.3 Å². The number of amides is 1. The summed E-state index contributed by atoms with van der Waals surface area (Å²) in [7, 11) is 0. The Morgan fingerprint density at radius 2 is 1.96 bits per heavy atom. The van der Waals surface area contributed by atoms with E-state index in [0.29, 0.717) is 6.42 Å². The van der Waals surface area contributed by atoms with Gasteiger partial charge in [-0.25, -0.2) is 9.78 Å². The van der Waals surface area contributed by atoms with E-state index < -0.39 is 17.7 Å². The Kier molecular flexibility index (Phi) is 5.16. The van der Waals surface area contributed by atoms with E-state index in [4.69, 9.17) is 4.74 Å². The highest BCUT2D eigenvalue weighted by Crippen LogP contribution is 2.10. The summed E-state index contributed by atoms with van der Waals surface area (Å²) in [4.78, 5) is 31.3. The van der Waals surface area contributed by atoms with Gasteiger partial charge in [0.25, 0.3) is 0 Å². The molecule has 1 heterocycles. The lowest BCUT2D eigenvalue weighted by Crippen LogP contribution is -2.45. The van der Waals surface area contributed by atoms with E-state index in [-0.39, 0.29) is 11.6 Å². The van der Waals surface area contributed by atoms with Gasteiger partial charge in [-0.2, -0.15) is 0 Å². The Morgan fingerprint density at radius 3 is 2.52 bits per heavy atom. The highest BCUT2D eigenvalue weighted by atomic mass is 16.6. The van der Waals surface area contributed by atoms with Crippen LogP contribution in [0.4, 0.5) is 4.79 Å². The number of ether oxygens (including phenoxy) is 1. The van der Waals surface area contributed by atoms with Crippen molar-refractivity contribution >= 4 is 11.9 Å². The van der Waals surface area contributed by atoms with E-state index in [1.54, 1.807) is 27.0 Å². The van der Waals surface area contributed by atoms with Crippen molar-refractivity contribution in [1.29, 1.82) is 0 Å². The molecule has 0 aliphatic rings. The number of hydrogen-bond donors (Lipinski definition) is 2. The molecule has 1 atom stereocenters. The smallest absolute Gasteiger partial charge is 0.408 e. The molecule has 2 N–H and O–H groups in total. The molecular weight excluding hydrogens is 294 g/mol. The zero-order valence-corrected chi connectivity index (χ0v) is 13.5. The number of ketones is 1. The lowest BCUT2D eigenvalue weighted by Gasteiger charge is -2.22. The van der Waals surface area contributed by atoms with Crippen LogP contribution in [0.3, 0.4) is 0 Å². The third-order valence-corrected chi connectivity index (χ3v) is 3.02. The molecule has 0 radical (unpaired) electrons. The zero-order chi connectivity index (χ0) is 16.9. The van der Waals surface area contributed by atoms with Gasteiger partial charge in [0, 0.05) is 18.8 Å². The number of hydrogen-bond acceptors (Lipinski definition) is 4.